The number of hydrogen-bond donors (Lipinski definition) is 2. The van der Waals surface area contributed by atoms with Crippen LogP contribution in [-0.4, -0.2) is 66.1 Å². The molecule has 128 valence electrons. The van der Waals surface area contributed by atoms with E-state index in [4.69, 9.17) is 9.73 Å². The highest BCUT2D eigenvalue weighted by molar-refractivity contribution is 8.15. The average molecular weight is 344 g/mol. The lowest BCUT2D eigenvalue weighted by molar-refractivity contribution is 0.0347. The molecule has 2 N–H and O–H groups in total. The van der Waals surface area contributed by atoms with Crippen molar-refractivity contribution in [2.75, 3.05) is 51.8 Å². The van der Waals surface area contributed by atoms with Crippen molar-refractivity contribution in [3.8, 4) is 0 Å². The number of aromatic amines is 1. The van der Waals surface area contributed by atoms with Crippen molar-refractivity contribution in [3.05, 3.63) is 30.0 Å². The van der Waals surface area contributed by atoms with Gasteiger partial charge in [0.15, 0.2) is 0 Å². The Labute approximate surface area is 146 Å². The van der Waals surface area contributed by atoms with Crippen LogP contribution in [0.3, 0.4) is 0 Å². The van der Waals surface area contributed by atoms with Crippen molar-refractivity contribution in [2.45, 2.75) is 11.7 Å². The lowest BCUT2D eigenvalue weighted by Crippen LogP contribution is -2.45. The smallest absolute Gasteiger partial charge is 0.115 e. The Hall–Kier alpha value is -1.50. The maximum Gasteiger partial charge on any atom is 0.115 e. The first kappa shape index (κ1) is 16.0. The molecular weight excluding hydrogens is 320 g/mol. The van der Waals surface area contributed by atoms with Gasteiger partial charge in [-0.2, -0.15) is 0 Å². The number of fused-ring (bicyclic) bond motifs is 1. The van der Waals surface area contributed by atoms with Crippen LogP contribution in [-0.2, 0) is 4.74 Å². The normalized spacial score (nSPS) is 25.2. The van der Waals surface area contributed by atoms with Gasteiger partial charge < -0.3 is 15.0 Å². The molecule has 1 fully saturated rings. The van der Waals surface area contributed by atoms with Crippen LogP contribution in [0, 0.1) is 0 Å². The van der Waals surface area contributed by atoms with Gasteiger partial charge >= 0.3 is 0 Å². The third-order valence-electron chi connectivity index (χ3n) is 4.72. The topological polar surface area (TPSA) is 52.6 Å². The Balaban J connectivity index is 1.51. The molecule has 5 nitrogen and oxygen atoms in total. The van der Waals surface area contributed by atoms with E-state index in [-0.39, 0.29) is 4.75 Å². The number of para-hydroxylation sites is 1. The first-order chi connectivity index (χ1) is 11.7. The quantitative estimate of drug-likeness (QED) is 0.895. The molecule has 0 spiro atoms. The van der Waals surface area contributed by atoms with Crippen LogP contribution < -0.4 is 5.32 Å². The number of morpholine rings is 1. The molecule has 0 radical (unpaired) electrons. The standard InChI is InChI=1S/C18H24N4OS/c1-18(12-22-6-8-23-9-7-22)11-20-17(24-18)15-10-13-4-3-5-14(19-2)16(13)21-15/h3-5,10,19,21H,6-9,11-12H2,1-2H3. The highest BCUT2D eigenvalue weighted by atomic mass is 32.2. The van der Waals surface area contributed by atoms with Gasteiger partial charge in [0.25, 0.3) is 0 Å². The van der Waals surface area contributed by atoms with E-state index in [1.54, 1.807) is 0 Å². The number of rotatable bonds is 4. The maximum absolute atomic E-state index is 5.46. The van der Waals surface area contributed by atoms with E-state index < -0.39 is 0 Å². The Morgan fingerprint density at radius 1 is 1.38 bits per heavy atom. The van der Waals surface area contributed by atoms with Crippen LogP contribution in [0.4, 0.5) is 5.69 Å². The number of aromatic nitrogens is 1. The van der Waals surface area contributed by atoms with E-state index in [2.05, 4.69) is 46.4 Å². The zero-order valence-electron chi connectivity index (χ0n) is 14.3. The van der Waals surface area contributed by atoms with Gasteiger partial charge in [-0.15, -0.1) is 0 Å². The van der Waals surface area contributed by atoms with Crippen LogP contribution in [0.25, 0.3) is 10.9 Å². The predicted octanol–water partition coefficient (Wildman–Crippen LogP) is 2.79. The van der Waals surface area contributed by atoms with Crippen molar-refractivity contribution in [3.63, 3.8) is 0 Å². The van der Waals surface area contributed by atoms with E-state index in [0.717, 1.165) is 61.3 Å². The van der Waals surface area contributed by atoms with Crippen molar-refractivity contribution >= 4 is 33.4 Å². The zero-order valence-corrected chi connectivity index (χ0v) is 15.1. The second-order valence-electron chi connectivity index (χ2n) is 6.76. The molecule has 6 heteroatoms. The third-order valence-corrected chi connectivity index (χ3v) is 6.01. The Bertz CT molecular complexity index is 765. The number of thioether (sulfide) groups is 1. The summed E-state index contributed by atoms with van der Waals surface area (Å²) >= 11 is 1.90. The minimum Gasteiger partial charge on any atom is -0.386 e. The van der Waals surface area contributed by atoms with Gasteiger partial charge in [-0.3, -0.25) is 9.89 Å². The summed E-state index contributed by atoms with van der Waals surface area (Å²) in [4.78, 5) is 10.9. The van der Waals surface area contributed by atoms with Crippen LogP contribution in [0.15, 0.2) is 29.3 Å². The van der Waals surface area contributed by atoms with Crippen LogP contribution >= 0.6 is 11.8 Å². The monoisotopic (exact) mass is 344 g/mol. The Kier molecular flexibility index (Phi) is 4.28. The van der Waals surface area contributed by atoms with Crippen molar-refractivity contribution in [1.82, 2.24) is 9.88 Å². The minimum absolute atomic E-state index is 0.149. The number of ether oxygens (including phenoxy) is 1. The summed E-state index contributed by atoms with van der Waals surface area (Å²) in [6.45, 7) is 8.03. The largest absolute Gasteiger partial charge is 0.386 e. The lowest BCUT2D eigenvalue weighted by atomic mass is 10.1. The molecule has 2 aromatic rings. The Morgan fingerprint density at radius 2 is 2.21 bits per heavy atom. The number of H-pyrrole nitrogens is 1. The lowest BCUT2D eigenvalue weighted by Gasteiger charge is -2.33. The highest BCUT2D eigenvalue weighted by Crippen LogP contribution is 2.37. The first-order valence-corrected chi connectivity index (χ1v) is 9.32. The van der Waals surface area contributed by atoms with E-state index in [1.807, 2.05) is 18.8 Å². The van der Waals surface area contributed by atoms with Crippen molar-refractivity contribution in [1.29, 1.82) is 0 Å². The Morgan fingerprint density at radius 3 is 3.00 bits per heavy atom. The van der Waals surface area contributed by atoms with Gasteiger partial charge in [0.1, 0.15) is 5.04 Å². The van der Waals surface area contributed by atoms with Gasteiger partial charge in [-0.1, -0.05) is 23.9 Å². The van der Waals surface area contributed by atoms with Gasteiger partial charge in [0, 0.05) is 32.1 Å². The summed E-state index contributed by atoms with van der Waals surface area (Å²) in [5.41, 5.74) is 3.40. The summed E-state index contributed by atoms with van der Waals surface area (Å²) in [5, 5.41) is 5.60. The van der Waals surface area contributed by atoms with Gasteiger partial charge in [0.05, 0.1) is 41.4 Å². The van der Waals surface area contributed by atoms with Crippen LogP contribution in [0.1, 0.15) is 12.6 Å². The predicted molar refractivity (Wildman–Crippen MR) is 103 cm³/mol. The van der Waals surface area contributed by atoms with Crippen molar-refractivity contribution < 1.29 is 4.74 Å². The average Bonchev–Trinajstić information content (AvgIpc) is 3.19. The molecule has 1 aromatic heterocycles. The zero-order chi connectivity index (χ0) is 16.6. The third kappa shape index (κ3) is 3.06. The van der Waals surface area contributed by atoms with Crippen LogP contribution in [0.5, 0.6) is 0 Å². The fourth-order valence-electron chi connectivity index (χ4n) is 3.47. The summed E-state index contributed by atoms with van der Waals surface area (Å²) in [6, 6.07) is 8.53. The molecule has 2 aliphatic rings. The fraction of sp³-hybridized carbons (Fsp3) is 0.500. The highest BCUT2D eigenvalue weighted by Gasteiger charge is 2.35. The number of anilines is 1. The number of hydrogen-bond acceptors (Lipinski definition) is 5. The number of aliphatic imine (C=N–C) groups is 1. The molecule has 0 bridgehead atoms. The van der Waals surface area contributed by atoms with Gasteiger partial charge in [-0.05, 0) is 19.1 Å². The minimum atomic E-state index is 0.149. The number of nitrogens with zero attached hydrogens (tertiary/aromatic N) is 2. The summed E-state index contributed by atoms with van der Waals surface area (Å²) in [7, 11) is 1.95. The molecule has 0 saturated carbocycles. The van der Waals surface area contributed by atoms with E-state index in [9.17, 15) is 0 Å². The molecule has 0 aliphatic carbocycles. The van der Waals surface area contributed by atoms with E-state index in [1.165, 1.54) is 5.39 Å². The summed E-state index contributed by atoms with van der Waals surface area (Å²) < 4.78 is 5.60. The second-order valence-corrected chi connectivity index (χ2v) is 8.34. The molecule has 3 heterocycles. The molecule has 1 unspecified atom stereocenters. The summed E-state index contributed by atoms with van der Waals surface area (Å²) in [5.74, 6) is 0. The molecule has 1 atom stereocenters. The molecular formula is C18H24N4OS. The van der Waals surface area contributed by atoms with Crippen molar-refractivity contribution in [2.24, 2.45) is 4.99 Å². The molecule has 0 amide bonds. The fourth-order valence-corrected chi connectivity index (χ4v) is 4.66. The molecule has 4 rings (SSSR count). The SMILES string of the molecule is CNc1cccc2cc(C3=NCC(C)(CN4CCOCC4)S3)[nH]c12. The molecule has 1 aromatic carbocycles. The molecule has 1 saturated heterocycles. The summed E-state index contributed by atoms with van der Waals surface area (Å²) in [6.07, 6.45) is 0. The maximum atomic E-state index is 5.46. The number of nitrogens with one attached hydrogen (secondary N) is 2. The van der Waals surface area contributed by atoms with Gasteiger partial charge in [-0.25, -0.2) is 0 Å². The second kappa shape index (κ2) is 6.43. The van der Waals surface area contributed by atoms with Crippen LogP contribution in [0.2, 0.25) is 0 Å². The van der Waals surface area contributed by atoms with Gasteiger partial charge in [0.2, 0.25) is 0 Å². The number of benzene rings is 1. The first-order valence-electron chi connectivity index (χ1n) is 8.50. The molecule has 24 heavy (non-hydrogen) atoms. The van der Waals surface area contributed by atoms with E-state index >= 15 is 0 Å². The van der Waals surface area contributed by atoms with E-state index in [0.29, 0.717) is 0 Å². The molecule has 2 aliphatic heterocycles.